The summed E-state index contributed by atoms with van der Waals surface area (Å²) >= 11 is 0. The molecule has 170 valence electrons. The Bertz CT molecular complexity index is 892. The van der Waals surface area contributed by atoms with Crippen molar-refractivity contribution < 1.29 is 31.8 Å². The van der Waals surface area contributed by atoms with Crippen molar-refractivity contribution in [3.63, 3.8) is 0 Å². The van der Waals surface area contributed by atoms with E-state index in [1.807, 2.05) is 0 Å². The van der Waals surface area contributed by atoms with E-state index >= 15 is 0 Å². The lowest BCUT2D eigenvalue weighted by Gasteiger charge is -2.36. The van der Waals surface area contributed by atoms with E-state index in [4.69, 9.17) is 0 Å². The highest BCUT2D eigenvalue weighted by atomic mass is 19.3. The number of hydrogen-bond donors (Lipinski definition) is 1. The molecular formula is C24H27F5O2. The van der Waals surface area contributed by atoms with Gasteiger partial charge in [-0.1, -0.05) is 38.7 Å². The number of hydrogen-bond acceptors (Lipinski definition) is 2. The zero-order valence-corrected chi connectivity index (χ0v) is 17.4. The van der Waals surface area contributed by atoms with E-state index in [0.717, 1.165) is 50.3 Å². The number of ether oxygens (including phenoxy) is 1. The fourth-order valence-corrected chi connectivity index (χ4v) is 4.20. The van der Waals surface area contributed by atoms with Crippen LogP contribution in [0.25, 0.3) is 0 Å². The Morgan fingerprint density at radius 1 is 0.968 bits per heavy atom. The molecule has 0 spiro atoms. The maximum atomic E-state index is 14.6. The molecule has 0 heterocycles. The fraction of sp³-hybridized carbons (Fsp3) is 0.500. The molecule has 3 rings (SSSR count). The number of halogens is 5. The van der Waals surface area contributed by atoms with Gasteiger partial charge in [0.15, 0.2) is 11.6 Å². The van der Waals surface area contributed by atoms with Crippen LogP contribution < -0.4 is 4.74 Å². The van der Waals surface area contributed by atoms with Crippen LogP contribution in [0.15, 0.2) is 36.4 Å². The summed E-state index contributed by atoms with van der Waals surface area (Å²) in [6.07, 6.45) is 2.97. The first-order valence-electron chi connectivity index (χ1n) is 10.7. The third-order valence-electron chi connectivity index (χ3n) is 6.11. The predicted octanol–water partition coefficient (Wildman–Crippen LogP) is 7.19. The van der Waals surface area contributed by atoms with Crippen molar-refractivity contribution in [1.29, 1.82) is 0 Å². The van der Waals surface area contributed by atoms with Gasteiger partial charge < -0.3 is 9.84 Å². The average molecular weight is 442 g/mol. The third kappa shape index (κ3) is 5.56. The van der Waals surface area contributed by atoms with Gasteiger partial charge in [0, 0.05) is 6.07 Å². The first-order chi connectivity index (χ1) is 14.6. The zero-order chi connectivity index (χ0) is 22.6. The smallest absolute Gasteiger partial charge is 0.429 e. The number of benzene rings is 2. The van der Waals surface area contributed by atoms with Crippen LogP contribution in [-0.2, 0) is 11.7 Å². The standard InChI is InChI=1S/C24H27F5O2/c1-2-3-4-5-16-10-12-23(30,13-11-16)17-6-8-19(21(26)14-17)24(28,29)31-18-7-9-20(25)22(27)15-18/h6-9,14-16,30H,2-5,10-13H2,1H3. The van der Waals surface area contributed by atoms with E-state index in [1.54, 1.807) is 0 Å². The lowest BCUT2D eigenvalue weighted by molar-refractivity contribution is -0.187. The molecule has 2 aromatic carbocycles. The van der Waals surface area contributed by atoms with E-state index in [9.17, 15) is 27.1 Å². The molecule has 0 aromatic heterocycles. The molecule has 7 heteroatoms. The molecule has 2 nitrogen and oxygen atoms in total. The zero-order valence-electron chi connectivity index (χ0n) is 17.4. The summed E-state index contributed by atoms with van der Waals surface area (Å²) in [4.78, 5) is 0. The number of rotatable bonds is 8. The molecule has 0 bridgehead atoms. The molecule has 2 aromatic rings. The van der Waals surface area contributed by atoms with Gasteiger partial charge >= 0.3 is 6.11 Å². The second-order valence-electron chi connectivity index (χ2n) is 8.36. The first-order valence-corrected chi connectivity index (χ1v) is 10.7. The largest absolute Gasteiger partial charge is 0.429 e. The van der Waals surface area contributed by atoms with Gasteiger partial charge in [-0.2, -0.15) is 8.78 Å². The third-order valence-corrected chi connectivity index (χ3v) is 6.11. The van der Waals surface area contributed by atoms with Crippen molar-refractivity contribution in [1.82, 2.24) is 0 Å². The molecule has 0 amide bonds. The van der Waals surface area contributed by atoms with Crippen molar-refractivity contribution in [2.75, 3.05) is 0 Å². The Kier molecular flexibility index (Phi) is 7.24. The number of unbranched alkanes of at least 4 members (excludes halogenated alkanes) is 2. The SMILES string of the molecule is CCCCCC1CCC(O)(c2ccc(C(F)(F)Oc3ccc(F)c(F)c3)c(F)c2)CC1. The summed E-state index contributed by atoms with van der Waals surface area (Å²) in [5, 5.41) is 11.0. The van der Waals surface area contributed by atoms with Gasteiger partial charge in [0.1, 0.15) is 11.6 Å². The fourth-order valence-electron chi connectivity index (χ4n) is 4.20. The summed E-state index contributed by atoms with van der Waals surface area (Å²) in [7, 11) is 0. The topological polar surface area (TPSA) is 29.5 Å². The average Bonchev–Trinajstić information content (AvgIpc) is 2.72. The minimum atomic E-state index is -4.10. The molecular weight excluding hydrogens is 415 g/mol. The van der Waals surface area contributed by atoms with Gasteiger partial charge in [0.05, 0.1) is 11.2 Å². The van der Waals surface area contributed by atoms with E-state index in [2.05, 4.69) is 11.7 Å². The highest BCUT2D eigenvalue weighted by Crippen LogP contribution is 2.42. The summed E-state index contributed by atoms with van der Waals surface area (Å²) in [5.41, 5.74) is -2.04. The minimum absolute atomic E-state index is 0.254. The Morgan fingerprint density at radius 2 is 1.68 bits per heavy atom. The van der Waals surface area contributed by atoms with Crippen LogP contribution in [-0.4, -0.2) is 5.11 Å². The Labute approximate surface area is 179 Å². The Balaban J connectivity index is 1.71. The quantitative estimate of drug-likeness (QED) is 0.346. The summed E-state index contributed by atoms with van der Waals surface area (Å²) in [6.45, 7) is 2.14. The minimum Gasteiger partial charge on any atom is -0.429 e. The molecule has 1 N–H and O–H groups in total. The van der Waals surface area contributed by atoms with Gasteiger partial charge in [-0.05, 0) is 61.4 Å². The molecule has 0 aliphatic heterocycles. The van der Waals surface area contributed by atoms with Crippen LogP contribution in [0.3, 0.4) is 0 Å². The van der Waals surface area contributed by atoms with Gasteiger partial charge in [0.2, 0.25) is 0 Å². The molecule has 1 saturated carbocycles. The van der Waals surface area contributed by atoms with Crippen molar-refractivity contribution in [3.05, 3.63) is 65.0 Å². The van der Waals surface area contributed by atoms with Crippen molar-refractivity contribution in [2.24, 2.45) is 5.92 Å². The van der Waals surface area contributed by atoms with Crippen molar-refractivity contribution in [3.8, 4) is 5.75 Å². The normalized spacial score (nSPS) is 21.8. The summed E-state index contributed by atoms with van der Waals surface area (Å²) < 4.78 is 74.2. The van der Waals surface area contributed by atoms with Crippen LogP contribution >= 0.6 is 0 Å². The van der Waals surface area contributed by atoms with Crippen LogP contribution in [0.2, 0.25) is 0 Å². The lowest BCUT2D eigenvalue weighted by Crippen LogP contribution is -2.32. The molecule has 1 fully saturated rings. The second kappa shape index (κ2) is 9.55. The van der Waals surface area contributed by atoms with E-state index < -0.39 is 40.5 Å². The van der Waals surface area contributed by atoms with E-state index in [0.29, 0.717) is 30.9 Å². The summed E-state index contributed by atoms with van der Waals surface area (Å²) in [5.74, 6) is -3.91. The second-order valence-corrected chi connectivity index (χ2v) is 8.36. The maximum Gasteiger partial charge on any atom is 0.429 e. The molecule has 0 saturated heterocycles. The number of alkyl halides is 2. The first kappa shape index (κ1) is 23.5. The molecule has 0 radical (unpaired) electrons. The Hall–Kier alpha value is -2.15. The monoisotopic (exact) mass is 442 g/mol. The highest BCUT2D eigenvalue weighted by Gasteiger charge is 2.40. The molecule has 0 atom stereocenters. The molecule has 31 heavy (non-hydrogen) atoms. The molecule has 1 aliphatic carbocycles. The lowest BCUT2D eigenvalue weighted by atomic mass is 9.74. The van der Waals surface area contributed by atoms with Crippen molar-refractivity contribution in [2.45, 2.75) is 70.0 Å². The summed E-state index contributed by atoms with van der Waals surface area (Å²) in [6, 6.07) is 5.01. The Morgan fingerprint density at radius 3 is 2.29 bits per heavy atom. The van der Waals surface area contributed by atoms with Gasteiger partial charge in [-0.25, -0.2) is 13.2 Å². The van der Waals surface area contributed by atoms with Crippen LogP contribution in [0.5, 0.6) is 5.75 Å². The number of aliphatic hydroxyl groups is 1. The molecule has 1 aliphatic rings. The highest BCUT2D eigenvalue weighted by molar-refractivity contribution is 5.32. The van der Waals surface area contributed by atoms with Gasteiger partial charge in [0.25, 0.3) is 0 Å². The van der Waals surface area contributed by atoms with Gasteiger partial charge in [-0.15, -0.1) is 0 Å². The van der Waals surface area contributed by atoms with Crippen LogP contribution in [0, 0.1) is 23.4 Å². The van der Waals surface area contributed by atoms with E-state index in [-0.39, 0.29) is 5.56 Å². The van der Waals surface area contributed by atoms with Crippen LogP contribution in [0.1, 0.15) is 69.4 Å². The predicted molar refractivity (Wildman–Crippen MR) is 107 cm³/mol. The maximum absolute atomic E-state index is 14.6. The van der Waals surface area contributed by atoms with Crippen LogP contribution in [0.4, 0.5) is 22.0 Å². The van der Waals surface area contributed by atoms with E-state index in [1.165, 1.54) is 12.5 Å². The van der Waals surface area contributed by atoms with Gasteiger partial charge in [-0.3, -0.25) is 0 Å². The molecule has 0 unspecified atom stereocenters. The van der Waals surface area contributed by atoms with Crippen molar-refractivity contribution >= 4 is 0 Å².